The van der Waals surface area contributed by atoms with E-state index in [4.69, 9.17) is 11.6 Å². The molecule has 0 aliphatic heterocycles. The van der Waals surface area contributed by atoms with Crippen LogP contribution >= 0.6 is 11.6 Å². The number of benzene rings is 1. The molecule has 0 bridgehead atoms. The standard InChI is InChI=1S/C11H12ClN2/c1-2-3-6-14-11-7-10(12)5-4-9(11)8-13-14/h4-5,7-8H,1-3,6H2. The van der Waals surface area contributed by atoms with Crippen LogP contribution < -0.4 is 0 Å². The van der Waals surface area contributed by atoms with Gasteiger partial charge in [0, 0.05) is 17.0 Å². The number of halogens is 1. The maximum Gasteiger partial charge on any atom is 0.0697 e. The van der Waals surface area contributed by atoms with E-state index in [0.717, 1.165) is 35.3 Å². The Morgan fingerprint density at radius 3 is 3.07 bits per heavy atom. The Morgan fingerprint density at radius 1 is 1.43 bits per heavy atom. The first-order valence-electron chi connectivity index (χ1n) is 4.71. The molecule has 0 amide bonds. The van der Waals surface area contributed by atoms with Crippen molar-refractivity contribution in [3.8, 4) is 0 Å². The van der Waals surface area contributed by atoms with Gasteiger partial charge in [-0.3, -0.25) is 4.68 Å². The largest absolute Gasteiger partial charge is 0.265 e. The molecule has 14 heavy (non-hydrogen) atoms. The Morgan fingerprint density at radius 2 is 2.29 bits per heavy atom. The van der Waals surface area contributed by atoms with Crippen LogP contribution in [0.1, 0.15) is 12.8 Å². The van der Waals surface area contributed by atoms with Crippen LogP contribution in [0.4, 0.5) is 0 Å². The summed E-state index contributed by atoms with van der Waals surface area (Å²) in [5.74, 6) is 0. The number of hydrogen-bond donors (Lipinski definition) is 0. The van der Waals surface area contributed by atoms with Crippen molar-refractivity contribution in [2.75, 3.05) is 0 Å². The van der Waals surface area contributed by atoms with Gasteiger partial charge in [0.05, 0.1) is 11.7 Å². The number of rotatable bonds is 3. The lowest BCUT2D eigenvalue weighted by Crippen LogP contribution is -1.98. The number of nitrogens with zero attached hydrogens (tertiary/aromatic N) is 2. The van der Waals surface area contributed by atoms with E-state index in [2.05, 4.69) is 12.0 Å². The molecule has 0 unspecified atom stereocenters. The second-order valence-corrected chi connectivity index (χ2v) is 3.71. The molecule has 3 heteroatoms. The van der Waals surface area contributed by atoms with Crippen LogP contribution in [0, 0.1) is 6.92 Å². The van der Waals surface area contributed by atoms with Gasteiger partial charge in [-0.05, 0) is 24.6 Å². The van der Waals surface area contributed by atoms with E-state index in [1.807, 2.05) is 29.1 Å². The summed E-state index contributed by atoms with van der Waals surface area (Å²) < 4.78 is 1.98. The zero-order valence-electron chi connectivity index (χ0n) is 7.91. The topological polar surface area (TPSA) is 17.8 Å². The van der Waals surface area contributed by atoms with Gasteiger partial charge in [0.2, 0.25) is 0 Å². The molecule has 73 valence electrons. The van der Waals surface area contributed by atoms with Crippen LogP contribution in [-0.4, -0.2) is 9.78 Å². The van der Waals surface area contributed by atoms with Gasteiger partial charge in [-0.2, -0.15) is 5.10 Å². The molecule has 0 atom stereocenters. The molecule has 1 aromatic heterocycles. The van der Waals surface area contributed by atoms with Crippen molar-refractivity contribution in [1.29, 1.82) is 0 Å². The van der Waals surface area contributed by atoms with E-state index in [0.29, 0.717) is 0 Å². The number of unbranched alkanes of at least 4 members (excludes halogenated alkanes) is 1. The van der Waals surface area contributed by atoms with Gasteiger partial charge in [0.1, 0.15) is 0 Å². The second-order valence-electron chi connectivity index (χ2n) is 3.28. The van der Waals surface area contributed by atoms with Gasteiger partial charge >= 0.3 is 0 Å². The second kappa shape index (κ2) is 4.01. The van der Waals surface area contributed by atoms with Gasteiger partial charge < -0.3 is 0 Å². The maximum atomic E-state index is 5.93. The molecule has 2 nitrogen and oxygen atoms in total. The van der Waals surface area contributed by atoms with Crippen molar-refractivity contribution < 1.29 is 0 Å². The van der Waals surface area contributed by atoms with Crippen molar-refractivity contribution in [3.63, 3.8) is 0 Å². The van der Waals surface area contributed by atoms with E-state index < -0.39 is 0 Å². The lowest BCUT2D eigenvalue weighted by Gasteiger charge is -2.01. The van der Waals surface area contributed by atoms with Crippen LogP contribution in [0.25, 0.3) is 10.9 Å². The molecule has 0 saturated carbocycles. The first-order valence-corrected chi connectivity index (χ1v) is 5.09. The van der Waals surface area contributed by atoms with Gasteiger partial charge in [0.15, 0.2) is 0 Å². The Balaban J connectivity index is 2.40. The molecule has 0 aliphatic carbocycles. The molecule has 0 aliphatic rings. The van der Waals surface area contributed by atoms with Crippen molar-refractivity contribution in [2.45, 2.75) is 19.4 Å². The third-order valence-electron chi connectivity index (χ3n) is 2.23. The highest BCUT2D eigenvalue weighted by Crippen LogP contribution is 2.19. The predicted molar refractivity (Wildman–Crippen MR) is 59.3 cm³/mol. The van der Waals surface area contributed by atoms with E-state index in [-0.39, 0.29) is 0 Å². The van der Waals surface area contributed by atoms with Gasteiger partial charge in [-0.1, -0.05) is 24.9 Å². The molecular formula is C11H12ClN2. The third-order valence-corrected chi connectivity index (χ3v) is 2.46. The Hall–Kier alpha value is -1.02. The number of aromatic nitrogens is 2. The smallest absolute Gasteiger partial charge is 0.0697 e. The summed E-state index contributed by atoms with van der Waals surface area (Å²) in [6, 6.07) is 5.83. The van der Waals surface area contributed by atoms with Crippen LogP contribution in [0.3, 0.4) is 0 Å². The fourth-order valence-corrected chi connectivity index (χ4v) is 1.65. The number of fused-ring (bicyclic) bond motifs is 1. The van der Waals surface area contributed by atoms with Crippen molar-refractivity contribution >= 4 is 22.5 Å². The van der Waals surface area contributed by atoms with E-state index in [9.17, 15) is 0 Å². The van der Waals surface area contributed by atoms with Gasteiger partial charge in [0.25, 0.3) is 0 Å². The number of hydrogen-bond acceptors (Lipinski definition) is 1. The van der Waals surface area contributed by atoms with Crippen molar-refractivity contribution in [1.82, 2.24) is 9.78 Å². The summed E-state index contributed by atoms with van der Waals surface area (Å²) >= 11 is 5.93. The minimum atomic E-state index is 0.758. The first-order chi connectivity index (χ1) is 6.81. The lowest BCUT2D eigenvalue weighted by atomic mass is 10.2. The van der Waals surface area contributed by atoms with E-state index in [1.165, 1.54) is 0 Å². The van der Waals surface area contributed by atoms with Crippen molar-refractivity contribution in [3.05, 3.63) is 36.3 Å². The zero-order valence-corrected chi connectivity index (χ0v) is 8.67. The molecule has 0 fully saturated rings. The fraction of sp³-hybridized carbons (Fsp3) is 0.273. The molecule has 1 radical (unpaired) electrons. The molecule has 2 rings (SSSR count). The maximum absolute atomic E-state index is 5.93. The summed E-state index contributed by atoms with van der Waals surface area (Å²) in [5.41, 5.74) is 1.10. The number of aryl methyl sites for hydroxylation is 1. The lowest BCUT2D eigenvalue weighted by molar-refractivity contribution is 0.600. The van der Waals surface area contributed by atoms with Gasteiger partial charge in [-0.15, -0.1) is 0 Å². The van der Waals surface area contributed by atoms with Gasteiger partial charge in [-0.25, -0.2) is 0 Å². The molecule has 2 aromatic rings. The predicted octanol–water partition coefficient (Wildman–Crippen LogP) is 3.30. The minimum Gasteiger partial charge on any atom is -0.265 e. The first kappa shape index (κ1) is 9.53. The monoisotopic (exact) mass is 207 g/mol. The fourth-order valence-electron chi connectivity index (χ4n) is 1.48. The summed E-state index contributed by atoms with van der Waals surface area (Å²) in [6.45, 7) is 4.73. The van der Waals surface area contributed by atoms with E-state index >= 15 is 0 Å². The quantitative estimate of drug-likeness (QED) is 0.755. The normalized spacial score (nSPS) is 11.0. The SMILES string of the molecule is [CH2]CCCn1ncc2ccc(Cl)cc21. The van der Waals surface area contributed by atoms with Crippen LogP contribution in [0.5, 0.6) is 0 Å². The van der Waals surface area contributed by atoms with Crippen molar-refractivity contribution in [2.24, 2.45) is 0 Å². The molecule has 0 saturated heterocycles. The zero-order chi connectivity index (χ0) is 9.97. The average Bonchev–Trinajstić information content (AvgIpc) is 2.57. The minimum absolute atomic E-state index is 0.758. The summed E-state index contributed by atoms with van der Waals surface area (Å²) in [7, 11) is 0. The summed E-state index contributed by atoms with van der Waals surface area (Å²) in [4.78, 5) is 0. The molecular weight excluding hydrogens is 196 g/mol. The highest BCUT2D eigenvalue weighted by molar-refractivity contribution is 6.31. The summed E-state index contributed by atoms with van der Waals surface area (Å²) in [6.07, 6.45) is 3.85. The average molecular weight is 208 g/mol. The Labute approximate surface area is 88.5 Å². The third kappa shape index (κ3) is 1.75. The molecule has 0 N–H and O–H groups in total. The highest BCUT2D eigenvalue weighted by Gasteiger charge is 2.01. The Kier molecular flexibility index (Phi) is 2.73. The van der Waals surface area contributed by atoms with Crippen LogP contribution in [-0.2, 0) is 6.54 Å². The van der Waals surface area contributed by atoms with Crippen LogP contribution in [0.15, 0.2) is 24.4 Å². The molecule has 1 heterocycles. The van der Waals surface area contributed by atoms with Crippen LogP contribution in [0.2, 0.25) is 5.02 Å². The molecule has 1 aromatic carbocycles. The van der Waals surface area contributed by atoms with E-state index in [1.54, 1.807) is 0 Å². The molecule has 0 spiro atoms. The summed E-state index contributed by atoms with van der Waals surface area (Å²) in [5, 5.41) is 6.20. The highest BCUT2D eigenvalue weighted by atomic mass is 35.5. The Bertz CT molecular complexity index is 434.